The number of benzene rings is 1. The molecule has 0 N–H and O–H groups in total. The lowest BCUT2D eigenvalue weighted by Crippen LogP contribution is -2.23. The Balaban J connectivity index is 2.22. The van der Waals surface area contributed by atoms with E-state index in [2.05, 4.69) is 11.1 Å². The number of pyridine rings is 1. The Morgan fingerprint density at radius 3 is 2.90 bits per heavy atom. The van der Waals surface area contributed by atoms with Crippen LogP contribution >= 0.6 is 0 Å². The summed E-state index contributed by atoms with van der Waals surface area (Å²) in [6, 6.07) is 11.5. The highest BCUT2D eigenvalue weighted by Gasteiger charge is 2.10. The van der Waals surface area contributed by atoms with Gasteiger partial charge in [-0.1, -0.05) is 18.2 Å². The van der Waals surface area contributed by atoms with Crippen molar-refractivity contribution in [3.8, 4) is 6.07 Å². The second-order valence-corrected chi connectivity index (χ2v) is 4.63. The molecular formula is C16H17N3O2. The highest BCUT2D eigenvalue weighted by Crippen LogP contribution is 2.21. The molecule has 0 radical (unpaired) electrons. The summed E-state index contributed by atoms with van der Waals surface area (Å²) in [5.74, 6) is 0.445. The first-order chi connectivity index (χ1) is 10.2. The molecule has 0 aliphatic carbocycles. The molecule has 1 aromatic heterocycles. The molecular weight excluding hydrogens is 266 g/mol. The van der Waals surface area contributed by atoms with Crippen molar-refractivity contribution in [2.75, 3.05) is 25.1 Å². The summed E-state index contributed by atoms with van der Waals surface area (Å²) in [5, 5.41) is 10.1. The molecule has 2 rings (SSSR count). The van der Waals surface area contributed by atoms with Crippen LogP contribution in [0.25, 0.3) is 10.9 Å². The topological polar surface area (TPSA) is 66.2 Å². The number of aromatic nitrogens is 1. The van der Waals surface area contributed by atoms with E-state index in [-0.39, 0.29) is 5.97 Å². The summed E-state index contributed by atoms with van der Waals surface area (Å²) in [6.45, 7) is 2.66. The summed E-state index contributed by atoms with van der Waals surface area (Å²) in [6.07, 6.45) is 0.292. The molecule has 0 atom stereocenters. The van der Waals surface area contributed by atoms with Gasteiger partial charge < -0.3 is 9.64 Å². The Labute approximate surface area is 123 Å². The van der Waals surface area contributed by atoms with E-state index in [9.17, 15) is 10.1 Å². The van der Waals surface area contributed by atoms with Gasteiger partial charge in [0, 0.05) is 19.0 Å². The van der Waals surface area contributed by atoms with Crippen LogP contribution in [-0.4, -0.2) is 31.2 Å². The zero-order valence-electron chi connectivity index (χ0n) is 12.2. The van der Waals surface area contributed by atoms with Crippen LogP contribution in [0.1, 0.15) is 18.9 Å². The number of esters is 1. The van der Waals surface area contributed by atoms with Crippen LogP contribution in [0.2, 0.25) is 0 Å². The fourth-order valence-corrected chi connectivity index (χ4v) is 2.06. The second kappa shape index (κ2) is 6.71. The lowest BCUT2D eigenvalue weighted by atomic mass is 10.1. The Bertz CT molecular complexity index is 691. The maximum Gasteiger partial charge on any atom is 0.307 e. The molecule has 108 valence electrons. The summed E-state index contributed by atoms with van der Waals surface area (Å²) in [4.78, 5) is 17.8. The van der Waals surface area contributed by atoms with Crippen molar-refractivity contribution in [2.24, 2.45) is 0 Å². The van der Waals surface area contributed by atoms with E-state index in [0.717, 1.165) is 10.9 Å². The summed E-state index contributed by atoms with van der Waals surface area (Å²) in [7, 11) is 1.84. The van der Waals surface area contributed by atoms with Crippen molar-refractivity contribution >= 4 is 22.7 Å². The molecule has 21 heavy (non-hydrogen) atoms. The standard InChI is InChI=1S/C16H17N3O2/c1-3-21-16(20)8-9-19(2)15-10-12(11-17)13-6-4-5-7-14(13)18-15/h4-7,10H,3,8-9H2,1-2H3. The number of nitriles is 1. The van der Waals surface area contributed by atoms with Gasteiger partial charge >= 0.3 is 5.97 Å². The average Bonchev–Trinajstić information content (AvgIpc) is 2.51. The summed E-state index contributed by atoms with van der Waals surface area (Å²) >= 11 is 0. The molecule has 0 aliphatic heterocycles. The number of carbonyl (C=O) groups is 1. The van der Waals surface area contributed by atoms with E-state index in [0.29, 0.717) is 31.0 Å². The first-order valence-electron chi connectivity index (χ1n) is 6.82. The minimum Gasteiger partial charge on any atom is -0.466 e. The van der Waals surface area contributed by atoms with Crippen molar-refractivity contribution in [3.63, 3.8) is 0 Å². The van der Waals surface area contributed by atoms with Crippen molar-refractivity contribution in [3.05, 3.63) is 35.9 Å². The van der Waals surface area contributed by atoms with Gasteiger partial charge in [0.05, 0.1) is 30.2 Å². The Kier molecular flexibility index (Phi) is 4.72. The molecule has 0 fully saturated rings. The van der Waals surface area contributed by atoms with Crippen LogP contribution in [0.15, 0.2) is 30.3 Å². The summed E-state index contributed by atoms with van der Waals surface area (Å²) < 4.78 is 4.90. The predicted molar refractivity (Wildman–Crippen MR) is 81.0 cm³/mol. The Morgan fingerprint density at radius 1 is 1.43 bits per heavy atom. The number of fused-ring (bicyclic) bond motifs is 1. The molecule has 5 nitrogen and oxygen atoms in total. The third-order valence-corrected chi connectivity index (χ3v) is 3.17. The van der Waals surface area contributed by atoms with Crippen molar-refractivity contribution in [2.45, 2.75) is 13.3 Å². The number of carbonyl (C=O) groups excluding carboxylic acids is 1. The number of hydrogen-bond donors (Lipinski definition) is 0. The van der Waals surface area contributed by atoms with E-state index in [1.54, 1.807) is 13.0 Å². The average molecular weight is 283 g/mol. The van der Waals surface area contributed by atoms with Gasteiger partial charge in [-0.2, -0.15) is 5.26 Å². The van der Waals surface area contributed by atoms with Gasteiger partial charge in [-0.25, -0.2) is 4.98 Å². The third kappa shape index (κ3) is 3.48. The van der Waals surface area contributed by atoms with Gasteiger partial charge in [0.2, 0.25) is 0 Å². The molecule has 0 saturated heterocycles. The zero-order chi connectivity index (χ0) is 15.2. The Morgan fingerprint density at radius 2 is 2.19 bits per heavy atom. The highest BCUT2D eigenvalue weighted by molar-refractivity contribution is 5.86. The zero-order valence-corrected chi connectivity index (χ0v) is 12.2. The van der Waals surface area contributed by atoms with Gasteiger partial charge in [0.15, 0.2) is 0 Å². The van der Waals surface area contributed by atoms with E-state index < -0.39 is 0 Å². The van der Waals surface area contributed by atoms with E-state index in [1.807, 2.05) is 36.2 Å². The number of nitrogens with zero attached hydrogens (tertiary/aromatic N) is 3. The lowest BCUT2D eigenvalue weighted by molar-refractivity contribution is -0.142. The summed E-state index contributed by atoms with van der Waals surface area (Å²) in [5.41, 5.74) is 1.35. The SMILES string of the molecule is CCOC(=O)CCN(C)c1cc(C#N)c2ccccc2n1. The maximum absolute atomic E-state index is 11.4. The minimum absolute atomic E-state index is 0.231. The fraction of sp³-hybridized carbons (Fsp3) is 0.312. The number of para-hydroxylation sites is 1. The van der Waals surface area contributed by atoms with Crippen LogP contribution in [0, 0.1) is 11.3 Å². The number of anilines is 1. The van der Waals surface area contributed by atoms with Crippen molar-refractivity contribution in [1.29, 1.82) is 5.26 Å². The third-order valence-electron chi connectivity index (χ3n) is 3.17. The van der Waals surface area contributed by atoms with Crippen molar-refractivity contribution in [1.82, 2.24) is 4.98 Å². The number of rotatable bonds is 5. The first-order valence-corrected chi connectivity index (χ1v) is 6.82. The van der Waals surface area contributed by atoms with Gasteiger partial charge in [-0.15, -0.1) is 0 Å². The van der Waals surface area contributed by atoms with Crippen molar-refractivity contribution < 1.29 is 9.53 Å². The van der Waals surface area contributed by atoms with E-state index in [4.69, 9.17) is 4.74 Å². The van der Waals surface area contributed by atoms with Crippen LogP contribution in [0.5, 0.6) is 0 Å². The van der Waals surface area contributed by atoms with Gasteiger partial charge in [0.1, 0.15) is 5.82 Å². The predicted octanol–water partition coefficient (Wildman–Crippen LogP) is 2.50. The molecule has 0 spiro atoms. The smallest absolute Gasteiger partial charge is 0.307 e. The fourth-order valence-electron chi connectivity index (χ4n) is 2.06. The van der Waals surface area contributed by atoms with Crippen LogP contribution in [0.4, 0.5) is 5.82 Å². The van der Waals surface area contributed by atoms with Crippen LogP contribution in [0.3, 0.4) is 0 Å². The van der Waals surface area contributed by atoms with E-state index >= 15 is 0 Å². The number of ether oxygens (including phenoxy) is 1. The molecule has 1 aromatic carbocycles. The molecule has 2 aromatic rings. The highest BCUT2D eigenvalue weighted by atomic mass is 16.5. The van der Waals surface area contributed by atoms with Gasteiger partial charge in [-0.05, 0) is 19.1 Å². The monoisotopic (exact) mass is 283 g/mol. The molecule has 5 heteroatoms. The van der Waals surface area contributed by atoms with E-state index in [1.165, 1.54) is 0 Å². The Hall–Kier alpha value is -2.61. The molecule has 0 amide bonds. The van der Waals surface area contributed by atoms with Crippen LogP contribution < -0.4 is 4.90 Å². The molecule has 0 bridgehead atoms. The van der Waals surface area contributed by atoms with Gasteiger partial charge in [0.25, 0.3) is 0 Å². The lowest BCUT2D eigenvalue weighted by Gasteiger charge is -2.18. The first kappa shape index (κ1) is 14.8. The maximum atomic E-state index is 11.4. The quantitative estimate of drug-likeness (QED) is 0.789. The number of hydrogen-bond acceptors (Lipinski definition) is 5. The molecule has 0 saturated carbocycles. The largest absolute Gasteiger partial charge is 0.466 e. The van der Waals surface area contributed by atoms with Gasteiger partial charge in [-0.3, -0.25) is 4.79 Å². The minimum atomic E-state index is -0.231. The molecule has 0 unspecified atom stereocenters. The molecule has 1 heterocycles. The second-order valence-electron chi connectivity index (χ2n) is 4.63. The van der Waals surface area contributed by atoms with Crippen LogP contribution in [-0.2, 0) is 9.53 Å². The molecule has 0 aliphatic rings. The normalized spacial score (nSPS) is 10.1.